The second-order valence-corrected chi connectivity index (χ2v) is 9.10. The van der Waals surface area contributed by atoms with Gasteiger partial charge in [-0.3, -0.25) is 14.5 Å². The molecule has 0 fully saturated rings. The van der Waals surface area contributed by atoms with Gasteiger partial charge in [-0.05, 0) is 84.8 Å². The molecule has 7 heteroatoms. The van der Waals surface area contributed by atoms with Crippen molar-refractivity contribution < 1.29 is 23.8 Å². The van der Waals surface area contributed by atoms with Crippen molar-refractivity contribution >= 4 is 23.2 Å². The van der Waals surface area contributed by atoms with Crippen molar-refractivity contribution in [3.63, 3.8) is 0 Å². The molecule has 39 heavy (non-hydrogen) atoms. The molecular weight excluding hydrogens is 492 g/mol. The summed E-state index contributed by atoms with van der Waals surface area (Å²) in [7, 11) is 3.20. The first-order valence-electron chi connectivity index (χ1n) is 12.8. The number of nitrogens with one attached hydrogen (secondary N) is 1. The molecule has 0 bridgehead atoms. The summed E-state index contributed by atoms with van der Waals surface area (Å²) in [4.78, 5) is 29.8. The van der Waals surface area contributed by atoms with E-state index in [1.54, 1.807) is 25.2 Å². The van der Waals surface area contributed by atoms with Crippen molar-refractivity contribution in [1.82, 2.24) is 0 Å². The first kappa shape index (κ1) is 25.9. The number of amides is 2. The van der Waals surface area contributed by atoms with Gasteiger partial charge >= 0.3 is 0 Å². The number of fused-ring (bicyclic) bond motifs is 1. The number of carbonyl (C=O) groups is 2. The molecule has 1 aliphatic heterocycles. The van der Waals surface area contributed by atoms with E-state index in [-0.39, 0.29) is 11.8 Å². The summed E-state index contributed by atoms with van der Waals surface area (Å²) in [5.74, 6) is 0.995. The number of rotatable bonds is 8. The Kier molecular flexibility index (Phi) is 7.50. The molecule has 1 heterocycles. The van der Waals surface area contributed by atoms with Gasteiger partial charge in [-0.2, -0.15) is 0 Å². The topological polar surface area (TPSA) is 77.1 Å². The molecule has 5 rings (SSSR count). The van der Waals surface area contributed by atoms with Crippen LogP contribution in [-0.4, -0.2) is 32.6 Å². The zero-order valence-electron chi connectivity index (χ0n) is 22.1. The van der Waals surface area contributed by atoms with Crippen molar-refractivity contribution in [1.29, 1.82) is 0 Å². The van der Waals surface area contributed by atoms with E-state index in [0.29, 0.717) is 40.6 Å². The number of hydrogen-bond acceptors (Lipinski definition) is 5. The average Bonchev–Trinajstić information content (AvgIpc) is 2.98. The van der Waals surface area contributed by atoms with E-state index >= 15 is 0 Å². The van der Waals surface area contributed by atoms with Crippen LogP contribution in [0.3, 0.4) is 0 Å². The molecule has 0 radical (unpaired) electrons. The fraction of sp³-hybridized carbons (Fsp3) is 0.188. The second kappa shape index (κ2) is 11.3. The second-order valence-electron chi connectivity index (χ2n) is 9.10. The van der Waals surface area contributed by atoms with Gasteiger partial charge in [0.15, 0.2) is 0 Å². The Hall–Kier alpha value is -4.78. The van der Waals surface area contributed by atoms with Gasteiger partial charge in [0.1, 0.15) is 17.2 Å². The fourth-order valence-electron chi connectivity index (χ4n) is 5.01. The lowest BCUT2D eigenvalue weighted by Crippen LogP contribution is -2.46. The highest BCUT2D eigenvalue weighted by Gasteiger charge is 2.45. The van der Waals surface area contributed by atoms with Crippen LogP contribution in [0.1, 0.15) is 40.4 Å². The molecule has 0 spiro atoms. The van der Waals surface area contributed by atoms with Crippen LogP contribution in [-0.2, 0) is 4.79 Å². The van der Waals surface area contributed by atoms with Gasteiger partial charge in [0, 0.05) is 16.9 Å². The summed E-state index contributed by atoms with van der Waals surface area (Å²) >= 11 is 0. The van der Waals surface area contributed by atoms with E-state index in [4.69, 9.17) is 14.2 Å². The average molecular weight is 523 g/mol. The predicted octanol–water partition coefficient (Wildman–Crippen LogP) is 6.23. The minimum atomic E-state index is -0.694. The number of benzene rings is 4. The van der Waals surface area contributed by atoms with Crippen LogP contribution in [0.4, 0.5) is 11.4 Å². The molecule has 0 saturated heterocycles. The molecule has 0 saturated carbocycles. The number of nitrogens with zero attached hydrogens (tertiary/aromatic N) is 1. The zero-order chi connectivity index (χ0) is 27.4. The van der Waals surface area contributed by atoms with Gasteiger partial charge in [0.2, 0.25) is 5.91 Å². The molecule has 198 valence electrons. The highest BCUT2D eigenvalue weighted by Crippen LogP contribution is 2.46. The molecule has 2 amide bonds. The summed E-state index contributed by atoms with van der Waals surface area (Å²) in [5.41, 5.74) is 3.28. The maximum Gasteiger partial charge on any atom is 0.259 e. The van der Waals surface area contributed by atoms with E-state index in [1.165, 1.54) is 0 Å². The third-order valence-corrected chi connectivity index (χ3v) is 6.86. The van der Waals surface area contributed by atoms with Crippen molar-refractivity contribution in [2.24, 2.45) is 0 Å². The number of anilines is 2. The molecule has 1 aliphatic rings. The van der Waals surface area contributed by atoms with Crippen LogP contribution < -0.4 is 24.4 Å². The lowest BCUT2D eigenvalue weighted by atomic mass is 9.78. The van der Waals surface area contributed by atoms with Crippen molar-refractivity contribution in [3.8, 4) is 17.2 Å². The van der Waals surface area contributed by atoms with E-state index in [0.717, 1.165) is 11.3 Å². The van der Waals surface area contributed by atoms with Crippen LogP contribution in [0.25, 0.3) is 0 Å². The van der Waals surface area contributed by atoms with Gasteiger partial charge in [0.05, 0.1) is 32.8 Å². The standard InChI is InChI=1S/C32H30N2O5/c1-4-39-26-17-11-22(12-18-26)33-31(35)29-27-7-5-6-8-28(27)32(36)34(23-13-19-25(38-3)20-14-23)30(29)21-9-15-24(37-2)16-10-21/h5-20,29-30H,4H2,1-3H3,(H,33,35)/t29-,30-/m1/s1. The van der Waals surface area contributed by atoms with Gasteiger partial charge < -0.3 is 19.5 Å². The van der Waals surface area contributed by atoms with E-state index in [2.05, 4.69) is 5.32 Å². The number of hydrogen-bond donors (Lipinski definition) is 1. The lowest BCUT2D eigenvalue weighted by Gasteiger charge is -2.42. The molecular formula is C32H30N2O5. The van der Waals surface area contributed by atoms with Gasteiger partial charge in [-0.1, -0.05) is 30.3 Å². The third kappa shape index (κ3) is 5.16. The van der Waals surface area contributed by atoms with E-state index in [1.807, 2.05) is 97.9 Å². The summed E-state index contributed by atoms with van der Waals surface area (Å²) in [6.45, 7) is 2.48. The van der Waals surface area contributed by atoms with Crippen molar-refractivity contribution in [3.05, 3.63) is 114 Å². The smallest absolute Gasteiger partial charge is 0.259 e. The van der Waals surface area contributed by atoms with Crippen molar-refractivity contribution in [2.75, 3.05) is 31.0 Å². The van der Waals surface area contributed by atoms with Gasteiger partial charge in [0.25, 0.3) is 5.91 Å². The molecule has 4 aromatic rings. The highest BCUT2D eigenvalue weighted by molar-refractivity contribution is 6.12. The quantitative estimate of drug-likeness (QED) is 0.297. The molecule has 7 nitrogen and oxygen atoms in total. The highest BCUT2D eigenvalue weighted by atomic mass is 16.5. The molecule has 0 unspecified atom stereocenters. The van der Waals surface area contributed by atoms with Crippen LogP contribution in [0.5, 0.6) is 17.2 Å². The first-order chi connectivity index (χ1) is 19.0. The Morgan fingerprint density at radius 3 is 2.00 bits per heavy atom. The largest absolute Gasteiger partial charge is 0.497 e. The summed E-state index contributed by atoms with van der Waals surface area (Å²) in [6.07, 6.45) is 0. The number of carbonyl (C=O) groups excluding carboxylic acids is 2. The molecule has 0 aliphatic carbocycles. The monoisotopic (exact) mass is 522 g/mol. The van der Waals surface area contributed by atoms with Crippen LogP contribution in [0, 0.1) is 0 Å². The molecule has 1 N–H and O–H groups in total. The van der Waals surface area contributed by atoms with Gasteiger partial charge in [-0.15, -0.1) is 0 Å². The maximum absolute atomic E-state index is 14.1. The van der Waals surface area contributed by atoms with Crippen molar-refractivity contribution in [2.45, 2.75) is 18.9 Å². The number of methoxy groups -OCH3 is 2. The minimum absolute atomic E-state index is 0.179. The molecule has 2 atom stereocenters. The summed E-state index contributed by atoms with van der Waals surface area (Å²) in [6, 6.07) is 28.7. The Labute approximate surface area is 227 Å². The normalized spacial score (nSPS) is 16.3. The Bertz CT molecular complexity index is 1450. The predicted molar refractivity (Wildman–Crippen MR) is 151 cm³/mol. The van der Waals surface area contributed by atoms with E-state index in [9.17, 15) is 9.59 Å². The minimum Gasteiger partial charge on any atom is -0.497 e. The third-order valence-electron chi connectivity index (χ3n) is 6.86. The Morgan fingerprint density at radius 2 is 1.38 bits per heavy atom. The number of ether oxygens (including phenoxy) is 3. The van der Waals surface area contributed by atoms with Crippen LogP contribution >= 0.6 is 0 Å². The Morgan fingerprint density at radius 1 is 0.795 bits per heavy atom. The molecule has 0 aromatic heterocycles. The summed E-state index contributed by atoms with van der Waals surface area (Å²) < 4.78 is 16.2. The van der Waals surface area contributed by atoms with Crippen LogP contribution in [0.2, 0.25) is 0 Å². The fourth-order valence-corrected chi connectivity index (χ4v) is 5.01. The zero-order valence-corrected chi connectivity index (χ0v) is 22.1. The molecule has 4 aromatic carbocycles. The Balaban J connectivity index is 1.63. The van der Waals surface area contributed by atoms with E-state index < -0.39 is 12.0 Å². The van der Waals surface area contributed by atoms with Gasteiger partial charge in [-0.25, -0.2) is 0 Å². The maximum atomic E-state index is 14.1. The summed E-state index contributed by atoms with van der Waals surface area (Å²) in [5, 5.41) is 3.07. The van der Waals surface area contributed by atoms with Crippen LogP contribution in [0.15, 0.2) is 97.1 Å². The SMILES string of the molecule is CCOc1ccc(NC(=O)[C@@H]2c3ccccc3C(=O)N(c3ccc(OC)cc3)[C@@H]2c2ccc(OC)cc2)cc1. The first-order valence-corrected chi connectivity index (χ1v) is 12.8. The lowest BCUT2D eigenvalue weighted by molar-refractivity contribution is -0.118.